The zero-order chi connectivity index (χ0) is 6.27. The first-order valence-electron chi connectivity index (χ1n) is 3.76. The fraction of sp³-hybridized carbons (Fsp3) is 1.00. The minimum atomic E-state index is 0. The van der Waals surface area contributed by atoms with Crippen molar-refractivity contribution in [3.05, 3.63) is 0 Å². The van der Waals surface area contributed by atoms with Gasteiger partial charge in [0.15, 0.2) is 0 Å². The number of halogens is 1. The van der Waals surface area contributed by atoms with E-state index < -0.39 is 0 Å². The number of aliphatic hydroxyl groups is 1. The Morgan fingerprint density at radius 2 is 1.60 bits per heavy atom. The Hall–Kier alpha value is 0.210. The molecule has 2 rings (SSSR count). The summed E-state index contributed by atoms with van der Waals surface area (Å²) in [6.07, 6.45) is 2.49. The third kappa shape index (κ3) is 1.16. The van der Waals surface area contributed by atoms with Gasteiger partial charge in [-0.3, -0.25) is 0 Å². The molecule has 0 aromatic rings. The lowest BCUT2D eigenvalue weighted by Gasteiger charge is -2.25. The predicted molar refractivity (Wildman–Crippen MR) is 42.3 cm³/mol. The number of hydrogen-bond acceptors (Lipinski definition) is 2. The smallest absolute Gasteiger partial charge is 0.0620 e. The minimum Gasteiger partial charge on any atom is -0.392 e. The zero-order valence-electron chi connectivity index (χ0n) is 5.92. The lowest BCUT2D eigenvalue weighted by atomic mass is 9.97. The second kappa shape index (κ2) is 3.07. The topological polar surface area (TPSA) is 32.3 Å². The number of rotatable bonds is 0. The molecular weight excluding hydrogens is 150 g/mol. The van der Waals surface area contributed by atoms with Crippen LogP contribution in [-0.4, -0.2) is 24.3 Å². The molecule has 1 aliphatic carbocycles. The fourth-order valence-corrected chi connectivity index (χ4v) is 2.05. The van der Waals surface area contributed by atoms with Gasteiger partial charge in [-0.05, 0) is 24.7 Å². The van der Waals surface area contributed by atoms with Crippen LogP contribution in [-0.2, 0) is 0 Å². The van der Waals surface area contributed by atoms with Crippen LogP contribution in [0.1, 0.15) is 12.8 Å². The van der Waals surface area contributed by atoms with Crippen LogP contribution in [0.15, 0.2) is 0 Å². The third-order valence-corrected chi connectivity index (χ3v) is 2.69. The number of nitrogens with one attached hydrogen (secondary N) is 1. The Balaban J connectivity index is 0.000000500. The first-order valence-corrected chi connectivity index (χ1v) is 3.76. The van der Waals surface area contributed by atoms with Gasteiger partial charge in [0.2, 0.25) is 0 Å². The second-order valence-electron chi connectivity index (χ2n) is 3.25. The molecular formula is C7H14ClNO. The number of aliphatic hydroxyl groups excluding tert-OH is 1. The first-order chi connectivity index (χ1) is 4.38. The monoisotopic (exact) mass is 163 g/mol. The van der Waals surface area contributed by atoms with E-state index in [0.717, 1.165) is 13.1 Å². The van der Waals surface area contributed by atoms with Gasteiger partial charge in [-0.25, -0.2) is 0 Å². The molecule has 1 heterocycles. The number of piperidine rings is 1. The summed E-state index contributed by atoms with van der Waals surface area (Å²) in [5.74, 6) is 1.15. The summed E-state index contributed by atoms with van der Waals surface area (Å²) in [5.41, 5.74) is 0. The van der Waals surface area contributed by atoms with Crippen molar-refractivity contribution >= 4 is 12.4 Å². The second-order valence-corrected chi connectivity index (χ2v) is 3.25. The van der Waals surface area contributed by atoms with Gasteiger partial charge in [-0.15, -0.1) is 12.4 Å². The van der Waals surface area contributed by atoms with Gasteiger partial charge >= 0.3 is 0 Å². The van der Waals surface area contributed by atoms with Crippen molar-refractivity contribution in [1.29, 1.82) is 0 Å². The van der Waals surface area contributed by atoms with Crippen LogP contribution in [0, 0.1) is 11.8 Å². The molecule has 0 aromatic heterocycles. The van der Waals surface area contributed by atoms with Gasteiger partial charge < -0.3 is 10.4 Å². The lowest BCUT2D eigenvalue weighted by molar-refractivity contribution is 0.0700. The predicted octanol–water partition coefficient (Wildman–Crippen LogP) is 0.398. The molecule has 2 nitrogen and oxygen atoms in total. The average molecular weight is 164 g/mol. The molecule has 1 saturated heterocycles. The molecule has 10 heavy (non-hydrogen) atoms. The van der Waals surface area contributed by atoms with Crippen molar-refractivity contribution in [2.45, 2.75) is 18.9 Å². The maximum absolute atomic E-state index is 9.47. The molecule has 2 unspecified atom stereocenters. The summed E-state index contributed by atoms with van der Waals surface area (Å²) in [4.78, 5) is 0. The van der Waals surface area contributed by atoms with E-state index in [2.05, 4.69) is 5.32 Å². The number of fused-ring (bicyclic) bond motifs is 2. The Labute approximate surface area is 67.4 Å². The maximum atomic E-state index is 9.47. The summed E-state index contributed by atoms with van der Waals surface area (Å²) in [7, 11) is 0. The molecule has 1 saturated carbocycles. The molecule has 0 amide bonds. The Morgan fingerprint density at radius 3 is 2.00 bits per heavy atom. The molecule has 2 atom stereocenters. The van der Waals surface area contributed by atoms with Crippen molar-refractivity contribution in [3.63, 3.8) is 0 Å². The van der Waals surface area contributed by atoms with E-state index >= 15 is 0 Å². The van der Waals surface area contributed by atoms with Gasteiger partial charge in [0.25, 0.3) is 0 Å². The highest BCUT2D eigenvalue weighted by molar-refractivity contribution is 5.85. The van der Waals surface area contributed by atoms with E-state index in [0.29, 0.717) is 11.8 Å². The highest BCUT2D eigenvalue weighted by atomic mass is 35.5. The van der Waals surface area contributed by atoms with Crippen LogP contribution in [0.4, 0.5) is 0 Å². The average Bonchev–Trinajstić information content (AvgIpc) is 2.19. The first kappa shape index (κ1) is 8.31. The fourth-order valence-electron chi connectivity index (χ4n) is 2.05. The Kier molecular flexibility index (Phi) is 2.55. The van der Waals surface area contributed by atoms with Crippen molar-refractivity contribution < 1.29 is 5.11 Å². The Bertz CT molecular complexity index is 104. The van der Waals surface area contributed by atoms with Crippen molar-refractivity contribution in [2.75, 3.05) is 13.1 Å². The van der Waals surface area contributed by atoms with Crippen LogP contribution in [0.2, 0.25) is 0 Å². The summed E-state index contributed by atoms with van der Waals surface area (Å²) >= 11 is 0. The van der Waals surface area contributed by atoms with Crippen molar-refractivity contribution in [1.82, 2.24) is 5.32 Å². The Morgan fingerprint density at radius 1 is 1.10 bits per heavy atom. The molecule has 60 valence electrons. The SMILES string of the molecule is Cl.OC1C2CCC1CNC2. The molecule has 0 aromatic carbocycles. The lowest BCUT2D eigenvalue weighted by Crippen LogP contribution is -2.41. The van der Waals surface area contributed by atoms with E-state index in [4.69, 9.17) is 0 Å². The number of hydrogen-bond donors (Lipinski definition) is 2. The molecule has 2 N–H and O–H groups in total. The molecule has 0 radical (unpaired) electrons. The molecule has 2 aliphatic rings. The molecule has 3 heteroatoms. The zero-order valence-corrected chi connectivity index (χ0v) is 6.73. The normalized spacial score (nSPS) is 44.7. The van der Waals surface area contributed by atoms with Crippen LogP contribution >= 0.6 is 12.4 Å². The van der Waals surface area contributed by atoms with E-state index in [1.807, 2.05) is 0 Å². The summed E-state index contributed by atoms with van der Waals surface area (Å²) in [6.45, 7) is 2.08. The largest absolute Gasteiger partial charge is 0.392 e. The summed E-state index contributed by atoms with van der Waals surface area (Å²) in [5, 5.41) is 12.8. The van der Waals surface area contributed by atoms with Gasteiger partial charge in [-0.2, -0.15) is 0 Å². The molecule has 0 spiro atoms. The highest BCUT2D eigenvalue weighted by Gasteiger charge is 2.37. The van der Waals surface area contributed by atoms with Gasteiger partial charge in [0.05, 0.1) is 6.10 Å². The van der Waals surface area contributed by atoms with Crippen molar-refractivity contribution in [3.8, 4) is 0 Å². The van der Waals surface area contributed by atoms with Crippen molar-refractivity contribution in [2.24, 2.45) is 11.8 Å². The van der Waals surface area contributed by atoms with Gasteiger partial charge in [0.1, 0.15) is 0 Å². The minimum absolute atomic E-state index is 0. The van der Waals surface area contributed by atoms with Crippen LogP contribution in [0.5, 0.6) is 0 Å². The van der Waals surface area contributed by atoms with Gasteiger partial charge in [-0.1, -0.05) is 0 Å². The maximum Gasteiger partial charge on any atom is 0.0620 e. The quantitative estimate of drug-likeness (QED) is 0.542. The van der Waals surface area contributed by atoms with Crippen LogP contribution < -0.4 is 5.32 Å². The van der Waals surface area contributed by atoms with Gasteiger partial charge in [0, 0.05) is 13.1 Å². The highest BCUT2D eigenvalue weighted by Crippen LogP contribution is 2.32. The third-order valence-electron chi connectivity index (χ3n) is 2.69. The molecule has 2 bridgehead atoms. The molecule has 1 aliphatic heterocycles. The summed E-state index contributed by atoms with van der Waals surface area (Å²) in [6, 6.07) is 0. The van der Waals surface area contributed by atoms with E-state index in [1.54, 1.807) is 0 Å². The summed E-state index contributed by atoms with van der Waals surface area (Å²) < 4.78 is 0. The van der Waals surface area contributed by atoms with E-state index in [9.17, 15) is 5.11 Å². The van der Waals surface area contributed by atoms with Crippen LogP contribution in [0.25, 0.3) is 0 Å². The van der Waals surface area contributed by atoms with E-state index in [-0.39, 0.29) is 18.5 Å². The standard InChI is InChI=1S/C7H13NO.ClH/c9-7-5-1-2-6(7)4-8-3-5;/h5-9H,1-4H2;1H. The molecule has 2 fully saturated rings. The van der Waals surface area contributed by atoms with E-state index in [1.165, 1.54) is 12.8 Å². The van der Waals surface area contributed by atoms with Crippen LogP contribution in [0.3, 0.4) is 0 Å².